The van der Waals surface area contributed by atoms with Crippen LogP contribution in [0, 0.1) is 0 Å². The molecule has 0 radical (unpaired) electrons. The monoisotopic (exact) mass is 359 g/mol. The highest BCUT2D eigenvalue weighted by Crippen LogP contribution is 2.21. The molecule has 0 atom stereocenters. The van der Waals surface area contributed by atoms with Crippen LogP contribution in [0.25, 0.3) is 0 Å². The van der Waals surface area contributed by atoms with Crippen LogP contribution in [0.1, 0.15) is 44.9 Å². The van der Waals surface area contributed by atoms with E-state index in [1.165, 1.54) is 31.4 Å². The van der Waals surface area contributed by atoms with Crippen LogP contribution in [-0.4, -0.2) is 56.7 Å². The first-order valence-corrected chi connectivity index (χ1v) is 10.2. The Bertz CT molecular complexity index is 553. The van der Waals surface area contributed by atoms with E-state index in [0.717, 1.165) is 51.2 Å². The van der Waals surface area contributed by atoms with Gasteiger partial charge in [-0.05, 0) is 43.5 Å². The van der Waals surface area contributed by atoms with E-state index in [1.807, 2.05) is 12.1 Å². The zero-order valence-electron chi connectivity index (χ0n) is 16.1. The van der Waals surface area contributed by atoms with Crippen molar-refractivity contribution in [1.82, 2.24) is 10.2 Å². The van der Waals surface area contributed by atoms with Crippen molar-refractivity contribution in [3.63, 3.8) is 0 Å². The Hall–Kier alpha value is -1.75. The van der Waals surface area contributed by atoms with Gasteiger partial charge in [0.25, 0.3) is 0 Å². The number of methoxy groups -OCH3 is 1. The summed E-state index contributed by atoms with van der Waals surface area (Å²) in [5, 5.41) is 3.27. The lowest BCUT2D eigenvalue weighted by molar-refractivity contribution is -0.123. The molecule has 26 heavy (non-hydrogen) atoms. The number of anilines is 1. The molecule has 5 heteroatoms. The molecule has 1 saturated carbocycles. The molecule has 0 aromatic heterocycles. The fourth-order valence-electron chi connectivity index (χ4n) is 4.08. The number of benzene rings is 1. The summed E-state index contributed by atoms with van der Waals surface area (Å²) in [7, 11) is 1.69. The smallest absolute Gasteiger partial charge is 0.234 e. The van der Waals surface area contributed by atoms with Crippen LogP contribution in [0.2, 0.25) is 0 Å². The molecule has 0 spiro atoms. The number of carbonyl (C=O) groups excluding carboxylic acids is 1. The summed E-state index contributed by atoms with van der Waals surface area (Å²) in [4.78, 5) is 17.2. The topological polar surface area (TPSA) is 44.8 Å². The van der Waals surface area contributed by atoms with Crippen LogP contribution in [0.15, 0.2) is 24.3 Å². The van der Waals surface area contributed by atoms with Gasteiger partial charge in [0.15, 0.2) is 0 Å². The summed E-state index contributed by atoms with van der Waals surface area (Å²) in [6, 6.07) is 8.66. The summed E-state index contributed by atoms with van der Waals surface area (Å²) in [5.74, 6) is 1.09. The highest BCUT2D eigenvalue weighted by atomic mass is 16.5. The van der Waals surface area contributed by atoms with Crippen LogP contribution >= 0.6 is 0 Å². The lowest BCUT2D eigenvalue weighted by atomic mass is 10.1. The normalized spacial score (nSPS) is 20.3. The number of carbonyl (C=O) groups is 1. The lowest BCUT2D eigenvalue weighted by Crippen LogP contribution is -2.43. The predicted molar refractivity (Wildman–Crippen MR) is 106 cm³/mol. The van der Waals surface area contributed by atoms with Gasteiger partial charge in [-0.15, -0.1) is 0 Å². The first-order chi connectivity index (χ1) is 12.7. The average Bonchev–Trinajstić information content (AvgIpc) is 3.05. The molecule has 1 N–H and O–H groups in total. The van der Waals surface area contributed by atoms with Gasteiger partial charge in [0.05, 0.1) is 13.7 Å². The minimum Gasteiger partial charge on any atom is -0.497 e. The molecule has 1 saturated heterocycles. The molecule has 1 aromatic rings. The highest BCUT2D eigenvalue weighted by Gasteiger charge is 2.19. The summed E-state index contributed by atoms with van der Waals surface area (Å²) in [6.45, 7) is 4.46. The third kappa shape index (κ3) is 5.63. The number of hydrogen-bond donors (Lipinski definition) is 1. The highest BCUT2D eigenvalue weighted by molar-refractivity contribution is 5.78. The second-order valence-corrected chi connectivity index (χ2v) is 7.57. The number of hydrogen-bond acceptors (Lipinski definition) is 4. The molecule has 0 bridgehead atoms. The van der Waals surface area contributed by atoms with Crippen molar-refractivity contribution in [2.24, 2.45) is 0 Å². The number of rotatable bonds is 5. The number of nitrogens with one attached hydrogen (secondary N) is 1. The Morgan fingerprint density at radius 3 is 2.42 bits per heavy atom. The summed E-state index contributed by atoms with van der Waals surface area (Å²) in [5.41, 5.74) is 1.23. The van der Waals surface area contributed by atoms with Gasteiger partial charge in [0.2, 0.25) is 5.91 Å². The van der Waals surface area contributed by atoms with Gasteiger partial charge >= 0.3 is 0 Å². The summed E-state index contributed by atoms with van der Waals surface area (Å²) < 4.78 is 5.24. The first kappa shape index (κ1) is 19.0. The first-order valence-electron chi connectivity index (χ1n) is 10.2. The predicted octanol–water partition coefficient (Wildman–Crippen LogP) is 3.05. The van der Waals surface area contributed by atoms with E-state index in [-0.39, 0.29) is 5.91 Å². The third-order valence-electron chi connectivity index (χ3n) is 5.61. The molecule has 1 heterocycles. The average molecular weight is 360 g/mol. The Labute approximate surface area is 157 Å². The molecule has 144 valence electrons. The van der Waals surface area contributed by atoms with Crippen molar-refractivity contribution in [2.75, 3.05) is 44.7 Å². The summed E-state index contributed by atoms with van der Waals surface area (Å²) >= 11 is 0. The number of amides is 1. The van der Waals surface area contributed by atoms with Crippen molar-refractivity contribution >= 4 is 11.6 Å². The molecule has 5 nitrogen and oxygen atoms in total. The summed E-state index contributed by atoms with van der Waals surface area (Å²) in [6.07, 6.45) is 8.53. The van der Waals surface area contributed by atoms with Crippen molar-refractivity contribution in [1.29, 1.82) is 0 Å². The maximum atomic E-state index is 12.4. The Balaban J connectivity index is 1.46. The molecule has 1 aromatic carbocycles. The molecular weight excluding hydrogens is 326 g/mol. The fraction of sp³-hybridized carbons (Fsp3) is 0.667. The lowest BCUT2D eigenvalue weighted by Gasteiger charge is -2.24. The second-order valence-electron chi connectivity index (χ2n) is 7.57. The minimum atomic E-state index is 0.204. The minimum absolute atomic E-state index is 0.204. The van der Waals surface area contributed by atoms with E-state index in [4.69, 9.17) is 4.74 Å². The third-order valence-corrected chi connectivity index (χ3v) is 5.61. The van der Waals surface area contributed by atoms with Gasteiger partial charge in [-0.2, -0.15) is 0 Å². The van der Waals surface area contributed by atoms with Gasteiger partial charge < -0.3 is 15.0 Å². The van der Waals surface area contributed by atoms with E-state index in [0.29, 0.717) is 12.6 Å². The van der Waals surface area contributed by atoms with Gasteiger partial charge in [0, 0.05) is 37.9 Å². The van der Waals surface area contributed by atoms with Crippen LogP contribution in [0.3, 0.4) is 0 Å². The van der Waals surface area contributed by atoms with Crippen LogP contribution < -0.4 is 15.0 Å². The SMILES string of the molecule is COc1ccc(N2CCCN(CC(=O)NC3CCCCCC3)CC2)cc1. The van der Waals surface area contributed by atoms with E-state index in [9.17, 15) is 4.79 Å². The van der Waals surface area contributed by atoms with E-state index >= 15 is 0 Å². The maximum Gasteiger partial charge on any atom is 0.234 e. The van der Waals surface area contributed by atoms with Crippen LogP contribution in [0.4, 0.5) is 5.69 Å². The molecular formula is C21H33N3O2. The molecule has 1 aliphatic heterocycles. The van der Waals surface area contributed by atoms with Crippen molar-refractivity contribution in [3.8, 4) is 5.75 Å². The number of ether oxygens (including phenoxy) is 1. The Morgan fingerprint density at radius 1 is 1.00 bits per heavy atom. The van der Waals surface area contributed by atoms with Crippen LogP contribution in [0.5, 0.6) is 5.75 Å². The zero-order chi connectivity index (χ0) is 18.2. The van der Waals surface area contributed by atoms with Gasteiger partial charge in [-0.1, -0.05) is 25.7 Å². The zero-order valence-corrected chi connectivity index (χ0v) is 16.1. The molecule has 2 fully saturated rings. The quantitative estimate of drug-likeness (QED) is 0.821. The van der Waals surface area contributed by atoms with E-state index < -0.39 is 0 Å². The van der Waals surface area contributed by atoms with E-state index in [2.05, 4.69) is 27.2 Å². The molecule has 3 rings (SSSR count). The van der Waals surface area contributed by atoms with Gasteiger partial charge in [0.1, 0.15) is 5.75 Å². The van der Waals surface area contributed by atoms with Gasteiger partial charge in [-0.25, -0.2) is 0 Å². The standard InChI is InChI=1S/C21H33N3O2/c1-26-20-11-9-19(10-12-20)24-14-6-13-23(15-16-24)17-21(25)22-18-7-4-2-3-5-8-18/h9-12,18H,2-8,13-17H2,1H3,(H,22,25). The second kappa shape index (κ2) is 9.81. The Morgan fingerprint density at radius 2 is 1.73 bits per heavy atom. The van der Waals surface area contributed by atoms with E-state index in [1.54, 1.807) is 7.11 Å². The van der Waals surface area contributed by atoms with Crippen molar-refractivity contribution < 1.29 is 9.53 Å². The molecule has 0 unspecified atom stereocenters. The van der Waals surface area contributed by atoms with Crippen molar-refractivity contribution in [2.45, 2.75) is 51.0 Å². The molecule has 2 aliphatic rings. The van der Waals surface area contributed by atoms with Crippen LogP contribution in [-0.2, 0) is 4.79 Å². The van der Waals surface area contributed by atoms with Crippen molar-refractivity contribution in [3.05, 3.63) is 24.3 Å². The fourth-order valence-corrected chi connectivity index (χ4v) is 4.08. The number of nitrogens with zero attached hydrogens (tertiary/aromatic N) is 2. The van der Waals surface area contributed by atoms with Gasteiger partial charge in [-0.3, -0.25) is 9.69 Å². The maximum absolute atomic E-state index is 12.4. The largest absolute Gasteiger partial charge is 0.497 e. The molecule has 1 aliphatic carbocycles. The Kier molecular flexibility index (Phi) is 7.18. The molecule has 1 amide bonds.